The molecule has 2 aromatic rings. The lowest BCUT2D eigenvalue weighted by Gasteiger charge is -2.09. The summed E-state index contributed by atoms with van der Waals surface area (Å²) in [6, 6.07) is 12.6. The van der Waals surface area contributed by atoms with Crippen molar-refractivity contribution in [2.24, 2.45) is 5.73 Å². The molecule has 2 rings (SSSR count). The van der Waals surface area contributed by atoms with Gasteiger partial charge in [0.15, 0.2) is 0 Å². The second-order valence-corrected chi connectivity index (χ2v) is 5.78. The van der Waals surface area contributed by atoms with Crippen LogP contribution in [0.1, 0.15) is 24.1 Å². The maximum absolute atomic E-state index is 13.9. The molecular weight excluding hydrogens is 281 g/mol. The summed E-state index contributed by atoms with van der Waals surface area (Å²) in [6.07, 6.45) is 0. The number of halogens is 2. The predicted molar refractivity (Wildman–Crippen MR) is 80.0 cm³/mol. The Morgan fingerprint density at radius 2 is 2.00 bits per heavy atom. The Kier molecular flexibility index (Phi) is 4.86. The Morgan fingerprint density at radius 3 is 2.63 bits per heavy atom. The third kappa shape index (κ3) is 3.72. The van der Waals surface area contributed by atoms with Gasteiger partial charge >= 0.3 is 0 Å². The lowest BCUT2D eigenvalue weighted by molar-refractivity contribution is 0.596. The van der Waals surface area contributed by atoms with Gasteiger partial charge in [-0.05, 0) is 36.2 Å². The molecule has 2 aromatic carbocycles. The summed E-state index contributed by atoms with van der Waals surface area (Å²) >= 11 is 7.51. The van der Waals surface area contributed by atoms with E-state index in [9.17, 15) is 4.39 Å². The molecule has 0 saturated carbocycles. The number of rotatable bonds is 4. The van der Waals surface area contributed by atoms with Gasteiger partial charge in [-0.15, -0.1) is 11.8 Å². The zero-order chi connectivity index (χ0) is 13.8. The van der Waals surface area contributed by atoms with Crippen molar-refractivity contribution in [3.05, 3.63) is 64.4 Å². The van der Waals surface area contributed by atoms with E-state index in [1.807, 2.05) is 37.3 Å². The van der Waals surface area contributed by atoms with Gasteiger partial charge in [-0.2, -0.15) is 0 Å². The number of hydrogen-bond donors (Lipinski definition) is 1. The molecule has 1 nitrogen and oxygen atoms in total. The largest absolute Gasteiger partial charge is 0.324 e. The van der Waals surface area contributed by atoms with Crippen LogP contribution >= 0.6 is 23.4 Å². The molecule has 1 atom stereocenters. The van der Waals surface area contributed by atoms with Crippen molar-refractivity contribution < 1.29 is 4.39 Å². The topological polar surface area (TPSA) is 26.0 Å². The molecule has 0 spiro atoms. The van der Waals surface area contributed by atoms with Crippen molar-refractivity contribution in [2.45, 2.75) is 23.6 Å². The van der Waals surface area contributed by atoms with Crippen LogP contribution in [0, 0.1) is 5.82 Å². The van der Waals surface area contributed by atoms with E-state index in [1.54, 1.807) is 6.07 Å². The van der Waals surface area contributed by atoms with Crippen molar-refractivity contribution >= 4 is 23.4 Å². The van der Waals surface area contributed by atoms with Crippen molar-refractivity contribution in [1.82, 2.24) is 0 Å². The predicted octanol–water partition coefficient (Wildman–Crippen LogP) is 4.79. The average molecular weight is 296 g/mol. The van der Waals surface area contributed by atoms with Crippen LogP contribution in [0.25, 0.3) is 0 Å². The number of nitrogens with two attached hydrogens (primary N) is 1. The van der Waals surface area contributed by atoms with Crippen LogP contribution in [0.4, 0.5) is 4.39 Å². The van der Waals surface area contributed by atoms with E-state index in [2.05, 4.69) is 0 Å². The van der Waals surface area contributed by atoms with Gasteiger partial charge in [0.1, 0.15) is 5.82 Å². The molecule has 0 amide bonds. The third-order valence-electron chi connectivity index (χ3n) is 2.82. The molecule has 0 bridgehead atoms. The summed E-state index contributed by atoms with van der Waals surface area (Å²) in [7, 11) is 0. The standard InChI is InChI=1S/C15H15ClFNS/c1-10(18)11-6-7-15(14(17)8-11)19-9-12-4-2-3-5-13(12)16/h2-8,10H,9,18H2,1H3/t10-/m1/s1. The van der Waals surface area contributed by atoms with E-state index in [0.717, 1.165) is 11.1 Å². The minimum atomic E-state index is -0.230. The Labute approximate surface area is 122 Å². The van der Waals surface area contributed by atoms with Crippen LogP contribution in [0.2, 0.25) is 5.02 Å². The average Bonchev–Trinajstić information content (AvgIpc) is 2.39. The van der Waals surface area contributed by atoms with Gasteiger partial charge in [0.2, 0.25) is 0 Å². The fourth-order valence-corrected chi connectivity index (χ4v) is 2.89. The SMILES string of the molecule is C[C@@H](N)c1ccc(SCc2ccccc2Cl)c(F)c1. The maximum atomic E-state index is 13.9. The first-order chi connectivity index (χ1) is 9.08. The van der Waals surface area contributed by atoms with E-state index in [1.165, 1.54) is 17.8 Å². The van der Waals surface area contributed by atoms with Crippen LogP contribution in [0.3, 0.4) is 0 Å². The maximum Gasteiger partial charge on any atom is 0.137 e. The Hall–Kier alpha value is -1.03. The van der Waals surface area contributed by atoms with Crippen LogP contribution in [-0.4, -0.2) is 0 Å². The van der Waals surface area contributed by atoms with Crippen LogP contribution < -0.4 is 5.73 Å². The molecule has 0 unspecified atom stereocenters. The van der Waals surface area contributed by atoms with Gasteiger partial charge in [-0.25, -0.2) is 4.39 Å². The first-order valence-electron chi connectivity index (χ1n) is 5.99. The van der Waals surface area contributed by atoms with E-state index in [4.69, 9.17) is 17.3 Å². The lowest BCUT2D eigenvalue weighted by atomic mass is 10.1. The molecule has 100 valence electrons. The smallest absolute Gasteiger partial charge is 0.137 e. The summed E-state index contributed by atoms with van der Waals surface area (Å²) in [5, 5.41) is 0.711. The van der Waals surface area contributed by atoms with E-state index >= 15 is 0 Å². The van der Waals surface area contributed by atoms with Crippen LogP contribution in [-0.2, 0) is 5.75 Å². The van der Waals surface area contributed by atoms with Gasteiger partial charge < -0.3 is 5.73 Å². The molecule has 0 aliphatic carbocycles. The molecule has 0 aliphatic rings. The van der Waals surface area contributed by atoms with Gasteiger partial charge in [-0.3, -0.25) is 0 Å². The highest BCUT2D eigenvalue weighted by Gasteiger charge is 2.08. The van der Waals surface area contributed by atoms with E-state index in [0.29, 0.717) is 15.7 Å². The van der Waals surface area contributed by atoms with Gasteiger partial charge in [-0.1, -0.05) is 35.9 Å². The van der Waals surface area contributed by atoms with Crippen molar-refractivity contribution in [3.63, 3.8) is 0 Å². The Morgan fingerprint density at radius 1 is 1.26 bits per heavy atom. The molecule has 0 radical (unpaired) electrons. The molecule has 0 heterocycles. The highest BCUT2D eigenvalue weighted by Crippen LogP contribution is 2.29. The first kappa shape index (κ1) is 14.4. The van der Waals surface area contributed by atoms with Gasteiger partial charge in [0.25, 0.3) is 0 Å². The Bertz CT molecular complexity index is 572. The first-order valence-corrected chi connectivity index (χ1v) is 7.35. The second kappa shape index (κ2) is 6.42. The molecule has 0 aliphatic heterocycles. The Balaban J connectivity index is 2.10. The molecule has 4 heteroatoms. The fraction of sp³-hybridized carbons (Fsp3) is 0.200. The number of benzene rings is 2. The minimum absolute atomic E-state index is 0.155. The lowest BCUT2D eigenvalue weighted by Crippen LogP contribution is -2.05. The summed E-state index contributed by atoms with van der Waals surface area (Å²) in [6.45, 7) is 1.84. The summed E-state index contributed by atoms with van der Waals surface area (Å²) in [5.41, 5.74) is 7.54. The molecule has 2 N–H and O–H groups in total. The van der Waals surface area contributed by atoms with E-state index < -0.39 is 0 Å². The molecule has 0 fully saturated rings. The number of hydrogen-bond acceptors (Lipinski definition) is 2. The van der Waals surface area contributed by atoms with Crippen molar-refractivity contribution in [2.75, 3.05) is 0 Å². The van der Waals surface area contributed by atoms with Crippen LogP contribution in [0.5, 0.6) is 0 Å². The van der Waals surface area contributed by atoms with Gasteiger partial charge in [0, 0.05) is 21.7 Å². The number of thioether (sulfide) groups is 1. The zero-order valence-corrected chi connectivity index (χ0v) is 12.1. The van der Waals surface area contributed by atoms with Gasteiger partial charge in [0.05, 0.1) is 0 Å². The molecular formula is C15H15ClFNS. The minimum Gasteiger partial charge on any atom is -0.324 e. The monoisotopic (exact) mass is 295 g/mol. The van der Waals surface area contributed by atoms with Crippen LogP contribution in [0.15, 0.2) is 47.4 Å². The third-order valence-corrected chi connectivity index (χ3v) is 4.29. The quantitative estimate of drug-likeness (QED) is 0.821. The summed E-state index contributed by atoms with van der Waals surface area (Å²) < 4.78 is 13.9. The van der Waals surface area contributed by atoms with Crippen molar-refractivity contribution in [3.8, 4) is 0 Å². The molecule has 19 heavy (non-hydrogen) atoms. The molecule has 0 saturated heterocycles. The zero-order valence-electron chi connectivity index (χ0n) is 10.6. The highest BCUT2D eigenvalue weighted by molar-refractivity contribution is 7.98. The fourth-order valence-electron chi connectivity index (χ4n) is 1.69. The summed E-state index contributed by atoms with van der Waals surface area (Å²) in [4.78, 5) is 0.615. The van der Waals surface area contributed by atoms with E-state index in [-0.39, 0.29) is 11.9 Å². The highest BCUT2D eigenvalue weighted by atomic mass is 35.5. The normalized spacial score (nSPS) is 12.4. The second-order valence-electron chi connectivity index (χ2n) is 4.36. The van der Waals surface area contributed by atoms with Crippen molar-refractivity contribution in [1.29, 1.82) is 0 Å². The molecule has 0 aromatic heterocycles. The summed E-state index contributed by atoms with van der Waals surface area (Å²) in [5.74, 6) is 0.417.